The van der Waals surface area contributed by atoms with Crippen LogP contribution in [0.1, 0.15) is 4.88 Å². The van der Waals surface area contributed by atoms with Crippen LogP contribution >= 0.6 is 43.2 Å². The van der Waals surface area contributed by atoms with Crippen LogP contribution in [0.5, 0.6) is 0 Å². The first-order chi connectivity index (χ1) is 8.72. The SMILES string of the molecule is Brc1ccc2nc(NCc3sccc3Br)nn2c1. The van der Waals surface area contributed by atoms with E-state index in [0.717, 1.165) is 21.1 Å². The fourth-order valence-corrected chi connectivity index (χ4v) is 3.30. The summed E-state index contributed by atoms with van der Waals surface area (Å²) in [6.07, 6.45) is 1.88. The number of fused-ring (bicyclic) bond motifs is 1. The van der Waals surface area contributed by atoms with Gasteiger partial charge in [-0.2, -0.15) is 4.98 Å². The number of hydrogen-bond donors (Lipinski definition) is 1. The van der Waals surface area contributed by atoms with Crippen LogP contribution in [-0.4, -0.2) is 14.6 Å². The molecular formula is C11H8Br2N4S. The van der Waals surface area contributed by atoms with Crippen LogP contribution in [-0.2, 0) is 6.54 Å². The largest absolute Gasteiger partial charge is 0.348 e. The molecule has 0 saturated carbocycles. The van der Waals surface area contributed by atoms with Gasteiger partial charge in [0.2, 0.25) is 5.95 Å². The van der Waals surface area contributed by atoms with E-state index in [1.807, 2.05) is 24.4 Å². The predicted octanol–water partition coefficient (Wildman–Crippen LogP) is 3.93. The Kier molecular flexibility index (Phi) is 3.36. The van der Waals surface area contributed by atoms with Crippen LogP contribution < -0.4 is 5.32 Å². The molecule has 0 radical (unpaired) electrons. The smallest absolute Gasteiger partial charge is 0.243 e. The first kappa shape index (κ1) is 12.1. The molecule has 0 saturated heterocycles. The quantitative estimate of drug-likeness (QED) is 0.740. The third kappa shape index (κ3) is 2.43. The fraction of sp³-hybridized carbons (Fsp3) is 0.0909. The number of thiophene rings is 1. The molecule has 0 aromatic carbocycles. The lowest BCUT2D eigenvalue weighted by Gasteiger charge is -1.98. The minimum atomic E-state index is 0.633. The summed E-state index contributed by atoms with van der Waals surface area (Å²) in [6, 6.07) is 5.91. The molecule has 18 heavy (non-hydrogen) atoms. The Morgan fingerprint density at radius 2 is 2.17 bits per heavy atom. The summed E-state index contributed by atoms with van der Waals surface area (Å²) in [5.74, 6) is 0.633. The molecular weight excluding hydrogens is 380 g/mol. The Labute approximate surface area is 124 Å². The second kappa shape index (κ2) is 4.99. The molecule has 0 spiro atoms. The fourth-order valence-electron chi connectivity index (χ4n) is 1.54. The molecule has 92 valence electrons. The summed E-state index contributed by atoms with van der Waals surface area (Å²) >= 11 is 8.61. The second-order valence-corrected chi connectivity index (χ2v) is 6.40. The molecule has 0 aliphatic carbocycles. The Morgan fingerprint density at radius 1 is 1.28 bits per heavy atom. The van der Waals surface area contributed by atoms with Gasteiger partial charge in [0.15, 0.2) is 5.65 Å². The zero-order valence-electron chi connectivity index (χ0n) is 9.10. The summed E-state index contributed by atoms with van der Waals surface area (Å²) in [5, 5.41) is 9.63. The van der Waals surface area contributed by atoms with Crippen molar-refractivity contribution < 1.29 is 0 Å². The maximum atomic E-state index is 4.39. The van der Waals surface area contributed by atoms with Crippen molar-refractivity contribution in [1.29, 1.82) is 0 Å². The van der Waals surface area contributed by atoms with Crippen molar-refractivity contribution in [3.8, 4) is 0 Å². The van der Waals surface area contributed by atoms with Gasteiger partial charge in [0.25, 0.3) is 0 Å². The number of pyridine rings is 1. The Bertz CT molecular complexity index is 691. The predicted molar refractivity (Wildman–Crippen MR) is 80.0 cm³/mol. The number of hydrogen-bond acceptors (Lipinski definition) is 4. The van der Waals surface area contributed by atoms with Crippen LogP contribution in [0.25, 0.3) is 5.65 Å². The van der Waals surface area contributed by atoms with Crippen molar-refractivity contribution in [2.75, 3.05) is 5.32 Å². The molecule has 0 bridgehead atoms. The van der Waals surface area contributed by atoms with Crippen molar-refractivity contribution in [1.82, 2.24) is 14.6 Å². The van der Waals surface area contributed by atoms with Gasteiger partial charge in [0.05, 0.1) is 6.54 Å². The van der Waals surface area contributed by atoms with Gasteiger partial charge in [-0.25, -0.2) is 4.52 Å². The van der Waals surface area contributed by atoms with Crippen molar-refractivity contribution in [2.24, 2.45) is 0 Å². The van der Waals surface area contributed by atoms with Crippen LogP contribution in [0.2, 0.25) is 0 Å². The Morgan fingerprint density at radius 3 is 2.94 bits per heavy atom. The van der Waals surface area contributed by atoms with Gasteiger partial charge < -0.3 is 5.32 Å². The number of nitrogens with one attached hydrogen (secondary N) is 1. The number of halogens is 2. The summed E-state index contributed by atoms with van der Waals surface area (Å²) in [5.41, 5.74) is 0.825. The van der Waals surface area contributed by atoms with Gasteiger partial charge in [-0.3, -0.25) is 0 Å². The Hall–Kier alpha value is -0.920. The maximum Gasteiger partial charge on any atom is 0.243 e. The monoisotopic (exact) mass is 386 g/mol. The summed E-state index contributed by atoms with van der Waals surface area (Å²) < 4.78 is 3.84. The molecule has 0 fully saturated rings. The first-order valence-corrected chi connectivity index (χ1v) is 7.66. The van der Waals surface area contributed by atoms with E-state index in [0.29, 0.717) is 5.95 Å². The number of anilines is 1. The van der Waals surface area contributed by atoms with E-state index >= 15 is 0 Å². The summed E-state index contributed by atoms with van der Waals surface area (Å²) in [6.45, 7) is 0.719. The molecule has 1 N–H and O–H groups in total. The standard InChI is InChI=1S/C11H8Br2N4S/c12-7-1-2-10-15-11(16-17(10)6-7)14-5-9-8(13)3-4-18-9/h1-4,6H,5H2,(H,14,16). The maximum absolute atomic E-state index is 4.39. The first-order valence-electron chi connectivity index (χ1n) is 5.20. The lowest BCUT2D eigenvalue weighted by atomic mass is 10.5. The van der Waals surface area contributed by atoms with Crippen molar-refractivity contribution in [2.45, 2.75) is 6.54 Å². The normalized spacial score (nSPS) is 11.0. The van der Waals surface area contributed by atoms with Gasteiger partial charge in [0, 0.05) is 20.0 Å². The van der Waals surface area contributed by atoms with Crippen LogP contribution in [0.15, 0.2) is 38.7 Å². The average molecular weight is 388 g/mol. The third-order valence-corrected chi connectivity index (χ3v) is 4.79. The van der Waals surface area contributed by atoms with E-state index in [1.54, 1.807) is 15.9 Å². The molecule has 0 aliphatic rings. The van der Waals surface area contributed by atoms with E-state index < -0.39 is 0 Å². The summed E-state index contributed by atoms with van der Waals surface area (Å²) in [4.78, 5) is 5.62. The second-order valence-electron chi connectivity index (χ2n) is 3.63. The van der Waals surface area contributed by atoms with E-state index in [4.69, 9.17) is 0 Å². The van der Waals surface area contributed by atoms with Gasteiger partial charge in [-0.1, -0.05) is 0 Å². The highest BCUT2D eigenvalue weighted by atomic mass is 79.9. The van der Waals surface area contributed by atoms with Crippen molar-refractivity contribution in [3.05, 3.63) is 43.6 Å². The van der Waals surface area contributed by atoms with Gasteiger partial charge >= 0.3 is 0 Å². The lowest BCUT2D eigenvalue weighted by Crippen LogP contribution is -1.99. The third-order valence-electron chi connectivity index (χ3n) is 2.39. The number of aromatic nitrogens is 3. The molecule has 0 aliphatic heterocycles. The zero-order valence-corrected chi connectivity index (χ0v) is 13.1. The van der Waals surface area contributed by atoms with Gasteiger partial charge in [-0.15, -0.1) is 16.4 Å². The van der Waals surface area contributed by atoms with Gasteiger partial charge in [-0.05, 0) is 55.4 Å². The van der Waals surface area contributed by atoms with Gasteiger partial charge in [0.1, 0.15) is 0 Å². The van der Waals surface area contributed by atoms with E-state index in [1.165, 1.54) is 4.88 Å². The molecule has 3 heterocycles. The van der Waals surface area contributed by atoms with Crippen LogP contribution in [0, 0.1) is 0 Å². The molecule has 0 atom stereocenters. The average Bonchev–Trinajstić information content (AvgIpc) is 2.92. The van der Waals surface area contributed by atoms with E-state index in [-0.39, 0.29) is 0 Å². The van der Waals surface area contributed by atoms with Crippen LogP contribution in [0.4, 0.5) is 5.95 Å². The van der Waals surface area contributed by atoms with E-state index in [2.05, 4.69) is 52.6 Å². The number of nitrogens with zero attached hydrogens (tertiary/aromatic N) is 3. The molecule has 3 aromatic heterocycles. The molecule has 0 amide bonds. The molecule has 4 nitrogen and oxygen atoms in total. The number of rotatable bonds is 3. The molecule has 3 aromatic rings. The lowest BCUT2D eigenvalue weighted by molar-refractivity contribution is 0.948. The Balaban J connectivity index is 1.81. The highest BCUT2D eigenvalue weighted by molar-refractivity contribution is 9.10. The molecule has 0 unspecified atom stereocenters. The highest BCUT2D eigenvalue weighted by Crippen LogP contribution is 2.23. The topological polar surface area (TPSA) is 42.2 Å². The minimum absolute atomic E-state index is 0.633. The highest BCUT2D eigenvalue weighted by Gasteiger charge is 2.05. The molecule has 7 heteroatoms. The van der Waals surface area contributed by atoms with E-state index in [9.17, 15) is 0 Å². The molecule has 3 rings (SSSR count). The summed E-state index contributed by atoms with van der Waals surface area (Å²) in [7, 11) is 0. The van der Waals surface area contributed by atoms with Crippen molar-refractivity contribution in [3.63, 3.8) is 0 Å². The van der Waals surface area contributed by atoms with Crippen LogP contribution in [0.3, 0.4) is 0 Å². The zero-order chi connectivity index (χ0) is 12.5. The van der Waals surface area contributed by atoms with Crippen molar-refractivity contribution >= 4 is 54.8 Å². The minimum Gasteiger partial charge on any atom is -0.348 e.